The topological polar surface area (TPSA) is 0 Å². The van der Waals surface area contributed by atoms with Crippen LogP contribution in [-0.4, -0.2) is 0 Å². The molecule has 0 amide bonds. The summed E-state index contributed by atoms with van der Waals surface area (Å²) in [4.78, 5) is 0. The molecule has 16 heavy (non-hydrogen) atoms. The summed E-state index contributed by atoms with van der Waals surface area (Å²) in [5.74, 6) is 0. The summed E-state index contributed by atoms with van der Waals surface area (Å²) in [6.07, 6.45) is 0. The van der Waals surface area contributed by atoms with Crippen molar-refractivity contribution in [3.8, 4) is 0 Å². The maximum absolute atomic E-state index is 2.62. The molecule has 0 aromatic heterocycles. The maximum Gasteiger partial charge on any atom is 3.00 e. The molecule has 0 saturated heterocycles. The van der Waals surface area contributed by atoms with Crippen LogP contribution in [0.25, 0.3) is 0 Å². The third kappa shape index (κ3) is 9.91. The fraction of sp³-hybridized carbons (Fsp3) is 0. The summed E-state index contributed by atoms with van der Waals surface area (Å²) in [7, 11) is 0. The van der Waals surface area contributed by atoms with Gasteiger partial charge in [0.2, 0.25) is 0 Å². The summed E-state index contributed by atoms with van der Waals surface area (Å²) < 4.78 is 0. The van der Waals surface area contributed by atoms with E-state index in [0.29, 0.717) is 0 Å². The zero-order valence-corrected chi connectivity index (χ0v) is 10.4. The molecule has 0 spiro atoms. The molecule has 0 aliphatic rings. The smallest absolute Gasteiger partial charge is 0.999 e. The zero-order valence-electron chi connectivity index (χ0n) is 8.09. The Bertz CT molecular complexity index is 237. The molecule has 0 aliphatic carbocycles. The molecule has 1 radical (unpaired) electrons. The molecule has 0 unspecified atom stereocenters. The van der Waals surface area contributed by atoms with Crippen LogP contribution in [0.15, 0.2) is 18.2 Å². The third-order valence-electron chi connectivity index (χ3n) is 1.05. The van der Waals surface area contributed by atoms with E-state index < -0.39 is 0 Å². The number of rotatable bonds is 0. The first-order chi connectivity index (χ1) is 7.50. The van der Waals surface area contributed by atoms with E-state index in [2.05, 4.69) is 72.8 Å². The zero-order chi connectivity index (χ0) is 10.6. The van der Waals surface area contributed by atoms with E-state index in [0.717, 1.165) is 0 Å². The van der Waals surface area contributed by atoms with E-state index in [1.165, 1.54) is 0 Å². The molecular weight excluding hydrogens is 337 g/mol. The first-order valence-corrected chi connectivity index (χ1v) is 3.98. The van der Waals surface area contributed by atoms with E-state index >= 15 is 0 Å². The standard InChI is InChI=1S/3C5H.Gd/c3*1-2-4-5-3-1;/h3*1H;/q3*-5;+3. The molecule has 0 nitrogen and oxygen atoms in total. The molecular formula is C15H3Gd-12. The minimum absolute atomic E-state index is 0. The Hall–Kier alpha value is -0.625. The molecule has 0 bridgehead atoms. The van der Waals surface area contributed by atoms with Crippen molar-refractivity contribution >= 4 is 0 Å². The van der Waals surface area contributed by atoms with Crippen LogP contribution in [-0.2, 0) is 0 Å². The maximum atomic E-state index is 2.62. The number of hydrogen-bond acceptors (Lipinski definition) is 0. The molecule has 83 valence electrons. The van der Waals surface area contributed by atoms with Gasteiger partial charge >= 0.3 is 39.9 Å². The van der Waals surface area contributed by atoms with Gasteiger partial charge in [-0.1, -0.05) is 0 Å². The Balaban J connectivity index is 0.000000205. The van der Waals surface area contributed by atoms with E-state index in [1.54, 1.807) is 18.2 Å². The summed E-state index contributed by atoms with van der Waals surface area (Å²) >= 11 is 0. The quantitative estimate of drug-likeness (QED) is 0.548. The van der Waals surface area contributed by atoms with Crippen LogP contribution in [0.5, 0.6) is 0 Å². The molecule has 1 heteroatoms. The van der Waals surface area contributed by atoms with Crippen molar-refractivity contribution in [1.82, 2.24) is 0 Å². The second kappa shape index (κ2) is 12.4. The minimum Gasteiger partial charge on any atom is -0.999 e. The van der Waals surface area contributed by atoms with Crippen molar-refractivity contribution in [2.45, 2.75) is 0 Å². The molecule has 3 aromatic carbocycles. The normalized spacial score (nSPS) is 7.50. The van der Waals surface area contributed by atoms with Gasteiger partial charge < -0.3 is 91.0 Å². The van der Waals surface area contributed by atoms with E-state index in [9.17, 15) is 0 Å². The van der Waals surface area contributed by atoms with Crippen molar-refractivity contribution in [2.24, 2.45) is 0 Å². The molecule has 3 rings (SSSR count). The molecule has 0 atom stereocenters. The van der Waals surface area contributed by atoms with E-state index in [4.69, 9.17) is 0 Å². The predicted molar refractivity (Wildman–Crippen MR) is 52.1 cm³/mol. The van der Waals surface area contributed by atoms with Crippen LogP contribution in [0.3, 0.4) is 0 Å². The molecule has 0 saturated carbocycles. The minimum atomic E-state index is 0. The Morgan fingerprint density at radius 3 is 0.625 bits per heavy atom. The first kappa shape index (κ1) is 15.4. The summed E-state index contributed by atoms with van der Waals surface area (Å²) in [6, 6.07) is 36.0. The van der Waals surface area contributed by atoms with Crippen LogP contribution < -0.4 is 0 Å². The average Bonchev–Trinajstić information content (AvgIpc) is 3.09. The molecule has 0 N–H and O–H groups in total. The number of hydrogen-bond donors (Lipinski definition) is 0. The van der Waals surface area contributed by atoms with Crippen LogP contribution >= 0.6 is 0 Å². The predicted octanol–water partition coefficient (Wildman–Crippen LogP) is 1.82. The van der Waals surface area contributed by atoms with Gasteiger partial charge in [-0.15, -0.1) is 0 Å². The van der Waals surface area contributed by atoms with Gasteiger partial charge in [0.25, 0.3) is 0 Å². The van der Waals surface area contributed by atoms with Crippen molar-refractivity contribution in [2.75, 3.05) is 0 Å². The Morgan fingerprint density at radius 2 is 0.562 bits per heavy atom. The summed E-state index contributed by atoms with van der Waals surface area (Å²) in [6.45, 7) is 0. The second-order valence-corrected chi connectivity index (χ2v) is 2.05. The van der Waals surface area contributed by atoms with Crippen LogP contribution in [0.2, 0.25) is 0 Å². The van der Waals surface area contributed by atoms with Crippen molar-refractivity contribution in [1.29, 1.82) is 0 Å². The Labute approximate surface area is 130 Å². The van der Waals surface area contributed by atoms with E-state index in [1.807, 2.05) is 0 Å². The summed E-state index contributed by atoms with van der Waals surface area (Å²) in [5.41, 5.74) is 0. The van der Waals surface area contributed by atoms with Gasteiger partial charge in [-0.3, -0.25) is 0 Å². The van der Waals surface area contributed by atoms with Crippen LogP contribution in [0, 0.1) is 113 Å². The molecule has 0 fully saturated rings. The van der Waals surface area contributed by atoms with Crippen molar-refractivity contribution in [3.63, 3.8) is 0 Å². The van der Waals surface area contributed by atoms with Crippen molar-refractivity contribution < 1.29 is 39.9 Å². The van der Waals surface area contributed by atoms with Gasteiger partial charge in [0.05, 0.1) is 0 Å². The first-order valence-electron chi connectivity index (χ1n) is 3.98. The van der Waals surface area contributed by atoms with E-state index in [-0.39, 0.29) is 39.9 Å². The average molecular weight is 340 g/mol. The summed E-state index contributed by atoms with van der Waals surface area (Å²) in [5, 5.41) is 0. The fourth-order valence-corrected chi connectivity index (χ4v) is 0.541. The largest absolute Gasteiger partial charge is 3.00 e. The van der Waals surface area contributed by atoms with Gasteiger partial charge in [-0.05, 0) is 0 Å². The van der Waals surface area contributed by atoms with Gasteiger partial charge in [-0.25, -0.2) is 0 Å². The monoisotopic (exact) mass is 341 g/mol. The van der Waals surface area contributed by atoms with Gasteiger partial charge in [0, 0.05) is 0 Å². The Morgan fingerprint density at radius 1 is 0.375 bits per heavy atom. The van der Waals surface area contributed by atoms with Gasteiger partial charge in [0.1, 0.15) is 0 Å². The van der Waals surface area contributed by atoms with Gasteiger partial charge in [-0.2, -0.15) is 0 Å². The molecule has 0 aliphatic heterocycles. The Kier molecular flexibility index (Phi) is 12.0. The second-order valence-electron chi connectivity index (χ2n) is 2.05. The van der Waals surface area contributed by atoms with Crippen LogP contribution in [0.1, 0.15) is 0 Å². The fourth-order valence-electron chi connectivity index (χ4n) is 0.541. The molecule has 3 aromatic rings. The third-order valence-corrected chi connectivity index (χ3v) is 1.05. The van der Waals surface area contributed by atoms with Crippen LogP contribution in [0.4, 0.5) is 0 Å². The SMILES string of the molecule is [Gd+3].[c-]1[c-][c-][cH-][c-]1.[c-]1[c-][c-][cH-][c-]1.[c-]1[c-][c-][cH-][c-]1. The van der Waals surface area contributed by atoms with Gasteiger partial charge in [0.15, 0.2) is 0 Å². The van der Waals surface area contributed by atoms with Crippen molar-refractivity contribution in [3.05, 3.63) is 91.0 Å². The molecule has 0 heterocycles.